The highest BCUT2D eigenvalue weighted by Crippen LogP contribution is 2.41. The number of H-pyrrole nitrogens is 1. The zero-order valence-electron chi connectivity index (χ0n) is 17.4. The van der Waals surface area contributed by atoms with E-state index in [2.05, 4.69) is 15.0 Å². The van der Waals surface area contributed by atoms with Gasteiger partial charge in [0.15, 0.2) is 17.1 Å². The molecule has 0 saturated heterocycles. The number of rotatable bonds is 3. The minimum Gasteiger partial charge on any atom is -0.493 e. The molecule has 34 heavy (non-hydrogen) atoms. The Morgan fingerprint density at radius 3 is 2.44 bits per heavy atom. The van der Waals surface area contributed by atoms with Gasteiger partial charge in [-0.15, -0.1) is 12.4 Å². The number of hydrogen-bond acceptors (Lipinski definition) is 5. The molecule has 0 unspecified atom stereocenters. The number of halogens is 6. The molecule has 3 heterocycles. The highest BCUT2D eigenvalue weighted by atomic mass is 35.5. The topological polar surface area (TPSA) is 88.1 Å². The lowest BCUT2D eigenvalue weighted by atomic mass is 10.0. The average molecular weight is 500 g/mol. The summed E-state index contributed by atoms with van der Waals surface area (Å²) in [4.78, 5) is 22.8. The molecule has 2 N–H and O–H groups in total. The predicted octanol–water partition coefficient (Wildman–Crippen LogP) is 5.82. The van der Waals surface area contributed by atoms with Gasteiger partial charge in [-0.1, -0.05) is 0 Å². The van der Waals surface area contributed by atoms with Crippen molar-refractivity contribution in [2.45, 2.75) is 20.0 Å². The second kappa shape index (κ2) is 8.90. The standard InChI is InChI=1S/C22H14F5N3O3.ClH/c1-9-11(22(25,26)27)8-29-21(33-16-4-3-12(23)19(24)10(16)2)17(9)14-7-15(31)18-13(30-14)5-6-28-20(18)32;/h3-8H,1-2H3,(H,28,32)(H,30,31);1H. The van der Waals surface area contributed by atoms with Crippen molar-refractivity contribution in [3.05, 3.63) is 75.2 Å². The fraction of sp³-hybridized carbons (Fsp3) is 0.136. The Bertz CT molecular complexity index is 1470. The molecule has 6 nitrogen and oxygen atoms in total. The van der Waals surface area contributed by atoms with Gasteiger partial charge < -0.3 is 14.8 Å². The van der Waals surface area contributed by atoms with Crippen LogP contribution in [0.3, 0.4) is 0 Å². The van der Waals surface area contributed by atoms with Crippen molar-refractivity contribution in [1.82, 2.24) is 15.0 Å². The van der Waals surface area contributed by atoms with Crippen molar-refractivity contribution in [3.63, 3.8) is 0 Å². The number of ether oxygens (including phenoxy) is 1. The Hall–Kier alpha value is -3.73. The largest absolute Gasteiger partial charge is 0.493 e. The lowest BCUT2D eigenvalue weighted by Crippen LogP contribution is -2.12. The molecule has 12 heteroatoms. The van der Waals surface area contributed by atoms with E-state index in [0.29, 0.717) is 6.20 Å². The smallest absolute Gasteiger partial charge is 0.418 e. The van der Waals surface area contributed by atoms with Crippen LogP contribution in [0.5, 0.6) is 17.5 Å². The Morgan fingerprint density at radius 1 is 1.06 bits per heavy atom. The van der Waals surface area contributed by atoms with Gasteiger partial charge in [0.25, 0.3) is 0 Å². The molecule has 0 fully saturated rings. The van der Waals surface area contributed by atoms with Crippen molar-refractivity contribution >= 4 is 23.3 Å². The first-order valence-corrected chi connectivity index (χ1v) is 9.39. The second-order valence-electron chi connectivity index (χ2n) is 7.17. The Kier molecular flexibility index (Phi) is 6.52. The summed E-state index contributed by atoms with van der Waals surface area (Å²) in [6.45, 7) is 2.40. The zero-order valence-corrected chi connectivity index (χ0v) is 18.2. The lowest BCUT2D eigenvalue weighted by molar-refractivity contribution is -0.138. The number of alkyl halides is 3. The third-order valence-electron chi connectivity index (χ3n) is 5.10. The molecule has 0 radical (unpaired) electrons. The fourth-order valence-corrected chi connectivity index (χ4v) is 3.43. The highest BCUT2D eigenvalue weighted by molar-refractivity contribution is 5.86. The number of aromatic amines is 1. The first-order chi connectivity index (χ1) is 15.5. The van der Waals surface area contributed by atoms with Gasteiger partial charge in [-0.3, -0.25) is 4.79 Å². The summed E-state index contributed by atoms with van der Waals surface area (Å²) in [5, 5.41) is 9.71. The van der Waals surface area contributed by atoms with Gasteiger partial charge >= 0.3 is 6.18 Å². The fourth-order valence-electron chi connectivity index (χ4n) is 3.43. The van der Waals surface area contributed by atoms with Crippen LogP contribution in [-0.2, 0) is 6.18 Å². The monoisotopic (exact) mass is 499 g/mol. The third kappa shape index (κ3) is 4.26. The maximum Gasteiger partial charge on any atom is 0.418 e. The Morgan fingerprint density at radius 2 is 1.76 bits per heavy atom. The van der Waals surface area contributed by atoms with E-state index in [1.165, 1.54) is 19.2 Å². The molecular formula is C22H15ClF5N3O3. The molecule has 0 spiro atoms. The number of nitrogens with one attached hydrogen (secondary N) is 1. The minimum absolute atomic E-state index is 0. The van der Waals surface area contributed by atoms with Crippen LogP contribution >= 0.6 is 12.4 Å². The number of fused-ring (bicyclic) bond motifs is 1. The zero-order chi connectivity index (χ0) is 24.1. The van der Waals surface area contributed by atoms with Gasteiger partial charge in [-0.25, -0.2) is 18.7 Å². The lowest BCUT2D eigenvalue weighted by Gasteiger charge is -2.18. The summed E-state index contributed by atoms with van der Waals surface area (Å²) in [7, 11) is 0. The van der Waals surface area contributed by atoms with Gasteiger partial charge in [0, 0.05) is 24.0 Å². The second-order valence-corrected chi connectivity index (χ2v) is 7.17. The van der Waals surface area contributed by atoms with Crippen LogP contribution in [0.1, 0.15) is 16.7 Å². The third-order valence-corrected chi connectivity index (χ3v) is 5.10. The van der Waals surface area contributed by atoms with Crippen LogP contribution in [0.2, 0.25) is 0 Å². The maximum atomic E-state index is 14.0. The quantitative estimate of drug-likeness (QED) is 0.347. The predicted molar refractivity (Wildman–Crippen MR) is 115 cm³/mol. The molecule has 0 atom stereocenters. The summed E-state index contributed by atoms with van der Waals surface area (Å²) in [6, 6.07) is 4.25. The summed E-state index contributed by atoms with van der Waals surface area (Å²) < 4.78 is 73.7. The van der Waals surface area contributed by atoms with Gasteiger partial charge in [-0.2, -0.15) is 13.2 Å². The minimum atomic E-state index is -4.76. The van der Waals surface area contributed by atoms with Crippen LogP contribution in [0.4, 0.5) is 22.0 Å². The van der Waals surface area contributed by atoms with E-state index < -0.39 is 34.7 Å². The molecule has 1 aromatic carbocycles. The number of aromatic hydroxyl groups is 1. The number of nitrogens with zero attached hydrogens (tertiary/aromatic N) is 2. The van der Waals surface area contributed by atoms with E-state index in [0.717, 1.165) is 25.1 Å². The van der Waals surface area contributed by atoms with E-state index in [1.54, 1.807) is 0 Å². The molecule has 0 aliphatic rings. The normalized spacial score (nSPS) is 11.4. The number of benzene rings is 1. The number of pyridine rings is 3. The van der Waals surface area contributed by atoms with Crippen LogP contribution < -0.4 is 10.2 Å². The van der Waals surface area contributed by atoms with Gasteiger partial charge in [-0.05, 0) is 37.6 Å². The molecule has 4 aromatic rings. The summed E-state index contributed by atoms with van der Waals surface area (Å²) in [5.74, 6) is -3.40. The number of aromatic nitrogens is 3. The SMILES string of the molecule is Cc1c(Oc2ncc(C(F)(F)F)c(C)c2-c2cc(=O)c3c(O)nccc3[nH]2)ccc(F)c1F.Cl. The first kappa shape index (κ1) is 24.9. The molecule has 178 valence electrons. The van der Waals surface area contributed by atoms with Crippen molar-refractivity contribution in [2.75, 3.05) is 0 Å². The Labute approximate surface area is 194 Å². The van der Waals surface area contributed by atoms with E-state index in [9.17, 15) is 31.9 Å². The molecule has 0 aliphatic heterocycles. The van der Waals surface area contributed by atoms with Crippen LogP contribution in [0, 0.1) is 25.5 Å². The summed E-state index contributed by atoms with van der Waals surface area (Å²) in [6.07, 6.45) is -3.00. The van der Waals surface area contributed by atoms with Crippen LogP contribution in [-0.4, -0.2) is 20.1 Å². The van der Waals surface area contributed by atoms with Crippen molar-refractivity contribution in [2.24, 2.45) is 0 Å². The molecule has 0 bridgehead atoms. The van der Waals surface area contributed by atoms with E-state index >= 15 is 0 Å². The van der Waals surface area contributed by atoms with Crippen molar-refractivity contribution in [1.29, 1.82) is 0 Å². The van der Waals surface area contributed by atoms with Gasteiger partial charge in [0.05, 0.1) is 22.3 Å². The Balaban J connectivity index is 0.00000324. The molecule has 0 aliphatic carbocycles. The van der Waals surface area contributed by atoms with Crippen LogP contribution in [0.15, 0.2) is 41.5 Å². The number of hydrogen-bond donors (Lipinski definition) is 2. The first-order valence-electron chi connectivity index (χ1n) is 9.39. The molecular weight excluding hydrogens is 485 g/mol. The van der Waals surface area contributed by atoms with Crippen molar-refractivity contribution < 1.29 is 31.8 Å². The highest BCUT2D eigenvalue weighted by Gasteiger charge is 2.35. The van der Waals surface area contributed by atoms with E-state index in [-0.39, 0.29) is 57.3 Å². The van der Waals surface area contributed by atoms with Crippen molar-refractivity contribution in [3.8, 4) is 28.8 Å². The summed E-state index contributed by atoms with van der Waals surface area (Å²) in [5.41, 5.74) is -2.53. The van der Waals surface area contributed by atoms with Crippen LogP contribution in [0.25, 0.3) is 22.2 Å². The summed E-state index contributed by atoms with van der Waals surface area (Å²) >= 11 is 0. The molecule has 0 amide bonds. The van der Waals surface area contributed by atoms with E-state index in [1.807, 2.05) is 0 Å². The molecule has 4 rings (SSSR count). The average Bonchev–Trinajstić information content (AvgIpc) is 2.73. The van der Waals surface area contributed by atoms with E-state index in [4.69, 9.17) is 4.74 Å². The molecule has 0 saturated carbocycles. The van der Waals surface area contributed by atoms with Gasteiger partial charge in [0.1, 0.15) is 11.1 Å². The molecule has 3 aromatic heterocycles. The maximum absolute atomic E-state index is 14.0. The van der Waals surface area contributed by atoms with Gasteiger partial charge in [0.2, 0.25) is 11.8 Å².